The van der Waals surface area contributed by atoms with E-state index >= 15 is 0 Å². The van der Waals surface area contributed by atoms with E-state index in [0.717, 1.165) is 0 Å². The summed E-state index contributed by atoms with van der Waals surface area (Å²) in [7, 11) is 0. The Hall–Kier alpha value is -1.63. The third-order valence-electron chi connectivity index (χ3n) is 2.55. The molecule has 5 N–H and O–H groups in total. The quantitative estimate of drug-likeness (QED) is 0.544. The molecular weight excluding hydrogens is 254 g/mol. The van der Waals surface area contributed by atoms with Crippen LogP contribution in [-0.4, -0.2) is 39.3 Å². The zero-order valence-electron chi connectivity index (χ0n) is 11.5. The summed E-state index contributed by atoms with van der Waals surface area (Å²) in [6.45, 7) is 5.29. The fraction of sp³-hybridized carbons (Fsp3) is 0.750. The molecule has 7 heteroatoms. The van der Waals surface area contributed by atoms with Crippen LogP contribution in [0.15, 0.2) is 0 Å². The van der Waals surface area contributed by atoms with E-state index in [4.69, 9.17) is 21.1 Å². The minimum absolute atomic E-state index is 0.0208. The van der Waals surface area contributed by atoms with Crippen molar-refractivity contribution in [2.24, 2.45) is 17.6 Å². The number of carbonyl (C=O) groups is 3. The van der Waals surface area contributed by atoms with Gasteiger partial charge < -0.3 is 21.1 Å². The minimum Gasteiger partial charge on any atom is -0.481 e. The van der Waals surface area contributed by atoms with Gasteiger partial charge in [-0.3, -0.25) is 14.4 Å². The van der Waals surface area contributed by atoms with Crippen molar-refractivity contribution >= 4 is 17.9 Å². The molecule has 0 saturated heterocycles. The molecule has 0 bridgehead atoms. The van der Waals surface area contributed by atoms with Gasteiger partial charge in [0, 0.05) is 6.42 Å². The van der Waals surface area contributed by atoms with Gasteiger partial charge in [-0.25, -0.2) is 0 Å². The standard InChI is InChI=1S/C7H12O4.C5H11NO2/c1-2-5(7(10)11)3-4-6(8)9;1-3(2)4(6)5(7)8/h5H,2-4H2,1H3,(H,8,9)(H,10,11);3-4H,6H2,1-2H3,(H,7,8)/t;4-/m.0/s1. The number of nitrogens with two attached hydrogens (primary N) is 1. The lowest BCUT2D eigenvalue weighted by Gasteiger charge is -2.07. The van der Waals surface area contributed by atoms with Gasteiger partial charge in [-0.1, -0.05) is 20.8 Å². The summed E-state index contributed by atoms with van der Waals surface area (Å²) in [5.41, 5.74) is 5.16. The molecule has 0 aromatic heterocycles. The van der Waals surface area contributed by atoms with Crippen LogP contribution in [0.1, 0.15) is 40.0 Å². The second kappa shape index (κ2) is 10.3. The van der Waals surface area contributed by atoms with Crippen LogP contribution in [0.2, 0.25) is 0 Å². The molecule has 112 valence electrons. The first-order valence-electron chi connectivity index (χ1n) is 6.06. The predicted octanol–water partition coefficient (Wildman–Crippen LogP) is 1.02. The molecule has 0 aromatic carbocycles. The molecule has 0 aliphatic carbocycles. The van der Waals surface area contributed by atoms with E-state index in [-0.39, 0.29) is 18.8 Å². The molecule has 19 heavy (non-hydrogen) atoms. The van der Waals surface area contributed by atoms with Crippen molar-refractivity contribution < 1.29 is 29.7 Å². The second-order valence-corrected chi connectivity index (χ2v) is 4.48. The lowest BCUT2D eigenvalue weighted by atomic mass is 10.0. The molecule has 1 unspecified atom stereocenters. The fourth-order valence-electron chi connectivity index (χ4n) is 1.09. The van der Waals surface area contributed by atoms with Gasteiger partial charge in [0.25, 0.3) is 0 Å². The highest BCUT2D eigenvalue weighted by Crippen LogP contribution is 2.10. The summed E-state index contributed by atoms with van der Waals surface area (Å²) in [6.07, 6.45) is 0.647. The Morgan fingerprint density at radius 2 is 1.53 bits per heavy atom. The van der Waals surface area contributed by atoms with E-state index in [2.05, 4.69) is 0 Å². The second-order valence-electron chi connectivity index (χ2n) is 4.48. The Morgan fingerprint density at radius 3 is 1.68 bits per heavy atom. The number of hydrogen-bond acceptors (Lipinski definition) is 4. The molecule has 0 heterocycles. The van der Waals surface area contributed by atoms with Crippen LogP contribution in [0.3, 0.4) is 0 Å². The van der Waals surface area contributed by atoms with E-state index in [1.54, 1.807) is 20.8 Å². The van der Waals surface area contributed by atoms with Crippen molar-refractivity contribution in [1.82, 2.24) is 0 Å². The Labute approximate surface area is 112 Å². The largest absolute Gasteiger partial charge is 0.481 e. The van der Waals surface area contributed by atoms with Crippen molar-refractivity contribution in [1.29, 1.82) is 0 Å². The molecule has 7 nitrogen and oxygen atoms in total. The molecular formula is C12H23NO6. The molecule has 0 saturated carbocycles. The number of carboxylic acid groups (broad SMARTS) is 3. The van der Waals surface area contributed by atoms with Crippen LogP contribution in [0, 0.1) is 11.8 Å². The highest BCUT2D eigenvalue weighted by molar-refractivity contribution is 5.73. The monoisotopic (exact) mass is 277 g/mol. The molecule has 0 spiro atoms. The Balaban J connectivity index is 0. The van der Waals surface area contributed by atoms with Crippen molar-refractivity contribution in [2.75, 3.05) is 0 Å². The molecule has 2 atom stereocenters. The third kappa shape index (κ3) is 11.2. The van der Waals surface area contributed by atoms with E-state index < -0.39 is 29.9 Å². The van der Waals surface area contributed by atoms with Gasteiger partial charge in [0.15, 0.2) is 0 Å². The van der Waals surface area contributed by atoms with Gasteiger partial charge in [0.2, 0.25) is 0 Å². The Morgan fingerprint density at radius 1 is 1.05 bits per heavy atom. The smallest absolute Gasteiger partial charge is 0.320 e. The lowest BCUT2D eigenvalue weighted by Crippen LogP contribution is -2.34. The maximum absolute atomic E-state index is 10.4. The van der Waals surface area contributed by atoms with Crippen LogP contribution in [0.25, 0.3) is 0 Å². The number of rotatable bonds is 7. The molecule has 0 aliphatic heterocycles. The topological polar surface area (TPSA) is 138 Å². The first-order valence-corrected chi connectivity index (χ1v) is 6.06. The maximum atomic E-state index is 10.4. The number of aliphatic carboxylic acids is 3. The predicted molar refractivity (Wildman–Crippen MR) is 68.7 cm³/mol. The first kappa shape index (κ1) is 19.7. The highest BCUT2D eigenvalue weighted by atomic mass is 16.4. The normalized spacial score (nSPS) is 13.1. The van der Waals surface area contributed by atoms with Crippen molar-refractivity contribution in [3.05, 3.63) is 0 Å². The zero-order valence-corrected chi connectivity index (χ0v) is 11.5. The average molecular weight is 277 g/mol. The average Bonchev–Trinajstić information content (AvgIpc) is 2.28. The molecule has 0 radical (unpaired) electrons. The third-order valence-corrected chi connectivity index (χ3v) is 2.55. The van der Waals surface area contributed by atoms with Crippen LogP contribution in [0.5, 0.6) is 0 Å². The summed E-state index contributed by atoms with van der Waals surface area (Å²) in [5.74, 6) is -3.27. The number of carboxylic acids is 3. The first-order chi connectivity index (χ1) is 8.63. The SMILES string of the molecule is CC(C)[C@H](N)C(=O)O.CCC(CCC(=O)O)C(=O)O. The van der Waals surface area contributed by atoms with Crippen molar-refractivity contribution in [2.45, 2.75) is 46.1 Å². The van der Waals surface area contributed by atoms with E-state index in [0.29, 0.717) is 6.42 Å². The van der Waals surface area contributed by atoms with Crippen LogP contribution < -0.4 is 5.73 Å². The van der Waals surface area contributed by atoms with E-state index in [1.165, 1.54) is 0 Å². The zero-order chi connectivity index (χ0) is 15.6. The van der Waals surface area contributed by atoms with Gasteiger partial charge in [-0.2, -0.15) is 0 Å². The van der Waals surface area contributed by atoms with Crippen molar-refractivity contribution in [3.63, 3.8) is 0 Å². The van der Waals surface area contributed by atoms with Crippen LogP contribution in [-0.2, 0) is 14.4 Å². The summed E-state index contributed by atoms with van der Waals surface area (Å²) < 4.78 is 0. The summed E-state index contributed by atoms with van der Waals surface area (Å²) in [4.78, 5) is 30.4. The molecule has 0 fully saturated rings. The Kier molecular flexibility index (Phi) is 10.7. The molecule has 0 rings (SSSR count). The highest BCUT2D eigenvalue weighted by Gasteiger charge is 2.15. The summed E-state index contributed by atoms with van der Waals surface area (Å²) >= 11 is 0. The van der Waals surface area contributed by atoms with E-state index in [1.807, 2.05) is 0 Å². The van der Waals surface area contributed by atoms with E-state index in [9.17, 15) is 14.4 Å². The molecule has 0 aliphatic rings. The number of hydrogen-bond donors (Lipinski definition) is 4. The van der Waals surface area contributed by atoms with Gasteiger partial charge in [-0.15, -0.1) is 0 Å². The lowest BCUT2D eigenvalue weighted by molar-refractivity contribution is -0.143. The Bertz CT molecular complexity index is 303. The van der Waals surface area contributed by atoms with Crippen LogP contribution >= 0.6 is 0 Å². The van der Waals surface area contributed by atoms with Gasteiger partial charge in [0.1, 0.15) is 6.04 Å². The molecule has 0 amide bonds. The van der Waals surface area contributed by atoms with Gasteiger partial charge in [0.05, 0.1) is 5.92 Å². The minimum atomic E-state index is -0.940. The fourth-order valence-corrected chi connectivity index (χ4v) is 1.09. The van der Waals surface area contributed by atoms with Crippen LogP contribution in [0.4, 0.5) is 0 Å². The summed E-state index contributed by atoms with van der Waals surface area (Å²) in [5, 5.41) is 25.0. The summed E-state index contributed by atoms with van der Waals surface area (Å²) in [6, 6.07) is -0.713. The van der Waals surface area contributed by atoms with Gasteiger partial charge in [-0.05, 0) is 18.8 Å². The van der Waals surface area contributed by atoms with Crippen molar-refractivity contribution in [3.8, 4) is 0 Å². The molecule has 0 aromatic rings. The van der Waals surface area contributed by atoms with Gasteiger partial charge >= 0.3 is 17.9 Å². The maximum Gasteiger partial charge on any atom is 0.320 e.